The van der Waals surface area contributed by atoms with E-state index in [1.54, 1.807) is 0 Å². The molecule has 0 aromatic heterocycles. The number of hydrogen-bond acceptors (Lipinski definition) is 1. The number of benzene rings is 1. The van der Waals surface area contributed by atoms with Gasteiger partial charge in [0, 0.05) is 5.92 Å². The van der Waals surface area contributed by atoms with Gasteiger partial charge in [-0.25, -0.2) is 0 Å². The molecule has 1 aromatic rings. The minimum atomic E-state index is 0.432. The fourth-order valence-electron chi connectivity index (χ4n) is 1.50. The zero-order chi connectivity index (χ0) is 11.6. The first-order valence-corrected chi connectivity index (χ1v) is 5.72. The fourth-order valence-corrected chi connectivity index (χ4v) is 1.50. The Bertz CT molecular complexity index is 302. The molecular weight excluding hydrogens is 196 g/mol. The van der Waals surface area contributed by atoms with Gasteiger partial charge in [-0.15, -0.1) is 13.2 Å². The fraction of sp³-hybridized carbons (Fsp3) is 0.333. The summed E-state index contributed by atoms with van der Waals surface area (Å²) < 4.78 is 5.66. The lowest BCUT2D eigenvalue weighted by molar-refractivity contribution is 0.0976. The van der Waals surface area contributed by atoms with Crippen molar-refractivity contribution in [2.45, 2.75) is 19.4 Å². The second-order valence-corrected chi connectivity index (χ2v) is 3.86. The van der Waals surface area contributed by atoms with Gasteiger partial charge in [-0.3, -0.25) is 0 Å². The van der Waals surface area contributed by atoms with Crippen LogP contribution in [-0.4, -0.2) is 6.61 Å². The first kappa shape index (κ1) is 12.7. The van der Waals surface area contributed by atoms with Gasteiger partial charge in [0.25, 0.3) is 0 Å². The monoisotopic (exact) mass is 216 g/mol. The van der Waals surface area contributed by atoms with Crippen molar-refractivity contribution in [3.05, 3.63) is 61.2 Å². The van der Waals surface area contributed by atoms with E-state index >= 15 is 0 Å². The van der Waals surface area contributed by atoms with E-state index in [0.717, 1.165) is 19.4 Å². The van der Waals surface area contributed by atoms with Crippen LogP contribution in [0.15, 0.2) is 55.6 Å². The van der Waals surface area contributed by atoms with Crippen LogP contribution in [0.25, 0.3) is 0 Å². The maximum Gasteiger partial charge on any atom is 0.0717 e. The van der Waals surface area contributed by atoms with E-state index in [2.05, 4.69) is 25.3 Å². The van der Waals surface area contributed by atoms with Crippen LogP contribution >= 0.6 is 0 Å². The smallest absolute Gasteiger partial charge is 0.0717 e. The quantitative estimate of drug-likeness (QED) is 0.597. The van der Waals surface area contributed by atoms with E-state index in [1.807, 2.05) is 30.4 Å². The molecule has 1 heteroatoms. The molecule has 0 aliphatic rings. The Morgan fingerprint density at radius 3 is 2.56 bits per heavy atom. The summed E-state index contributed by atoms with van der Waals surface area (Å²) in [5.74, 6) is 0.432. The number of rotatable bonds is 8. The molecule has 0 saturated heterocycles. The van der Waals surface area contributed by atoms with E-state index < -0.39 is 0 Å². The Kier molecular flexibility index (Phi) is 6.28. The van der Waals surface area contributed by atoms with Gasteiger partial charge in [-0.1, -0.05) is 42.5 Å². The zero-order valence-corrected chi connectivity index (χ0v) is 9.77. The molecule has 1 rings (SSSR count). The van der Waals surface area contributed by atoms with Crippen molar-refractivity contribution in [3.8, 4) is 0 Å². The third kappa shape index (κ3) is 4.94. The average molecular weight is 216 g/mol. The first-order chi connectivity index (χ1) is 7.86. The molecule has 0 radical (unpaired) electrons. The standard InChI is InChI=1S/C15H20O/c1-3-5-9-14(4-2)12-16-13-15-10-7-6-8-11-15/h3-4,6-8,10-11,14H,1-2,5,9,12-13H2/t14-/m1/s1. The second kappa shape index (κ2) is 7.89. The highest BCUT2D eigenvalue weighted by molar-refractivity contribution is 5.13. The van der Waals surface area contributed by atoms with Gasteiger partial charge in [0.1, 0.15) is 0 Å². The van der Waals surface area contributed by atoms with Crippen molar-refractivity contribution in [1.29, 1.82) is 0 Å². The maximum atomic E-state index is 5.66. The van der Waals surface area contributed by atoms with Crippen LogP contribution in [0, 0.1) is 5.92 Å². The summed E-state index contributed by atoms with van der Waals surface area (Å²) in [6, 6.07) is 10.2. The van der Waals surface area contributed by atoms with Crippen LogP contribution in [0.2, 0.25) is 0 Å². The lowest BCUT2D eigenvalue weighted by Gasteiger charge is -2.11. The Morgan fingerprint density at radius 2 is 1.94 bits per heavy atom. The van der Waals surface area contributed by atoms with Gasteiger partial charge in [0.15, 0.2) is 0 Å². The van der Waals surface area contributed by atoms with E-state index in [1.165, 1.54) is 5.56 Å². The minimum Gasteiger partial charge on any atom is -0.376 e. The number of ether oxygens (including phenoxy) is 1. The molecule has 86 valence electrons. The van der Waals surface area contributed by atoms with E-state index in [9.17, 15) is 0 Å². The topological polar surface area (TPSA) is 9.23 Å². The molecule has 0 spiro atoms. The average Bonchev–Trinajstić information content (AvgIpc) is 2.35. The third-order valence-electron chi connectivity index (χ3n) is 2.52. The van der Waals surface area contributed by atoms with Crippen molar-refractivity contribution in [1.82, 2.24) is 0 Å². The highest BCUT2D eigenvalue weighted by Gasteiger charge is 2.03. The van der Waals surface area contributed by atoms with Crippen LogP contribution < -0.4 is 0 Å². The summed E-state index contributed by atoms with van der Waals surface area (Å²) in [6.07, 6.45) is 6.00. The molecule has 0 heterocycles. The molecule has 1 nitrogen and oxygen atoms in total. The van der Waals surface area contributed by atoms with Crippen molar-refractivity contribution < 1.29 is 4.74 Å². The molecule has 0 amide bonds. The van der Waals surface area contributed by atoms with Crippen molar-refractivity contribution >= 4 is 0 Å². The maximum absolute atomic E-state index is 5.66. The predicted octanol–water partition coefficient (Wildman–Crippen LogP) is 3.97. The van der Waals surface area contributed by atoms with Crippen molar-refractivity contribution in [3.63, 3.8) is 0 Å². The summed E-state index contributed by atoms with van der Waals surface area (Å²) in [5.41, 5.74) is 1.22. The molecule has 0 unspecified atom stereocenters. The van der Waals surface area contributed by atoms with Crippen LogP contribution in [-0.2, 0) is 11.3 Å². The Balaban J connectivity index is 2.23. The normalized spacial score (nSPS) is 12.0. The van der Waals surface area contributed by atoms with Crippen LogP contribution in [0.3, 0.4) is 0 Å². The van der Waals surface area contributed by atoms with Crippen LogP contribution in [0.4, 0.5) is 0 Å². The summed E-state index contributed by atoms with van der Waals surface area (Å²) >= 11 is 0. The van der Waals surface area contributed by atoms with Crippen LogP contribution in [0.1, 0.15) is 18.4 Å². The van der Waals surface area contributed by atoms with Gasteiger partial charge in [0.05, 0.1) is 13.2 Å². The molecule has 0 bridgehead atoms. The number of allylic oxidation sites excluding steroid dienone is 1. The molecular formula is C15H20O. The van der Waals surface area contributed by atoms with Gasteiger partial charge in [-0.05, 0) is 18.4 Å². The zero-order valence-electron chi connectivity index (χ0n) is 9.77. The van der Waals surface area contributed by atoms with Gasteiger partial charge < -0.3 is 4.74 Å². The largest absolute Gasteiger partial charge is 0.376 e. The lowest BCUT2D eigenvalue weighted by Crippen LogP contribution is -2.06. The Morgan fingerprint density at radius 1 is 1.19 bits per heavy atom. The molecule has 0 aliphatic carbocycles. The Labute approximate surface area is 98.5 Å². The first-order valence-electron chi connectivity index (χ1n) is 5.72. The highest BCUT2D eigenvalue weighted by Crippen LogP contribution is 2.10. The van der Waals surface area contributed by atoms with E-state index in [0.29, 0.717) is 12.5 Å². The van der Waals surface area contributed by atoms with Gasteiger partial charge >= 0.3 is 0 Å². The molecule has 0 fully saturated rings. The second-order valence-electron chi connectivity index (χ2n) is 3.86. The molecule has 16 heavy (non-hydrogen) atoms. The van der Waals surface area contributed by atoms with E-state index in [4.69, 9.17) is 4.74 Å². The molecule has 1 aromatic carbocycles. The van der Waals surface area contributed by atoms with Gasteiger partial charge in [0.2, 0.25) is 0 Å². The predicted molar refractivity (Wildman–Crippen MR) is 69.2 cm³/mol. The molecule has 0 aliphatic heterocycles. The van der Waals surface area contributed by atoms with Crippen molar-refractivity contribution in [2.24, 2.45) is 5.92 Å². The number of hydrogen-bond donors (Lipinski definition) is 0. The summed E-state index contributed by atoms with van der Waals surface area (Å²) in [7, 11) is 0. The summed E-state index contributed by atoms with van der Waals surface area (Å²) in [6.45, 7) is 8.97. The summed E-state index contributed by atoms with van der Waals surface area (Å²) in [4.78, 5) is 0. The molecule has 0 N–H and O–H groups in total. The van der Waals surface area contributed by atoms with Gasteiger partial charge in [-0.2, -0.15) is 0 Å². The highest BCUT2D eigenvalue weighted by atomic mass is 16.5. The molecule has 0 saturated carbocycles. The minimum absolute atomic E-state index is 0.432. The SMILES string of the molecule is C=CCC[C@@H](C=C)COCc1ccccc1. The molecule has 1 atom stereocenters. The van der Waals surface area contributed by atoms with Crippen molar-refractivity contribution in [2.75, 3.05) is 6.61 Å². The van der Waals surface area contributed by atoms with E-state index in [-0.39, 0.29) is 0 Å². The summed E-state index contributed by atoms with van der Waals surface area (Å²) in [5, 5.41) is 0. The Hall–Kier alpha value is -1.34. The third-order valence-corrected chi connectivity index (χ3v) is 2.52. The lowest BCUT2D eigenvalue weighted by atomic mass is 10.0. The van der Waals surface area contributed by atoms with Crippen LogP contribution in [0.5, 0.6) is 0 Å².